The Labute approximate surface area is 125 Å². The van der Waals surface area contributed by atoms with Gasteiger partial charge in [-0.05, 0) is 52.5 Å². The zero-order valence-corrected chi connectivity index (χ0v) is 13.7. The second kappa shape index (κ2) is 8.35. The van der Waals surface area contributed by atoms with Gasteiger partial charge in [0.05, 0.1) is 12.2 Å². The Balaban J connectivity index is 1.64. The number of unbranched alkanes of at least 4 members (excludes halogenated alkanes) is 2. The van der Waals surface area contributed by atoms with E-state index in [4.69, 9.17) is 4.74 Å². The van der Waals surface area contributed by atoms with Gasteiger partial charge in [0.25, 0.3) is 0 Å². The van der Waals surface area contributed by atoms with E-state index in [1.165, 1.54) is 51.5 Å². The van der Waals surface area contributed by atoms with Crippen LogP contribution in [0.25, 0.3) is 0 Å². The van der Waals surface area contributed by atoms with Crippen LogP contribution in [0.1, 0.15) is 65.7 Å². The number of nitrogens with zero attached hydrogens (tertiary/aromatic N) is 1. The van der Waals surface area contributed by atoms with E-state index in [-0.39, 0.29) is 0 Å². The van der Waals surface area contributed by atoms with Crippen molar-refractivity contribution in [3.8, 4) is 0 Å². The minimum absolute atomic E-state index is 0.463. The van der Waals surface area contributed by atoms with E-state index in [0.29, 0.717) is 18.2 Å². The smallest absolute Gasteiger partial charge is 0.0707 e. The van der Waals surface area contributed by atoms with Crippen LogP contribution >= 0.6 is 0 Å². The summed E-state index contributed by atoms with van der Waals surface area (Å²) >= 11 is 0. The van der Waals surface area contributed by atoms with E-state index in [1.54, 1.807) is 0 Å². The topological polar surface area (TPSA) is 24.5 Å². The van der Waals surface area contributed by atoms with Gasteiger partial charge >= 0.3 is 0 Å². The third-order valence-corrected chi connectivity index (χ3v) is 4.62. The lowest BCUT2D eigenvalue weighted by atomic mass is 10.1. The Kier molecular flexibility index (Phi) is 6.79. The first-order chi connectivity index (χ1) is 9.69. The number of rotatable bonds is 10. The van der Waals surface area contributed by atoms with Gasteiger partial charge in [0.2, 0.25) is 0 Å². The number of hydrogen-bond donors (Lipinski definition) is 1. The van der Waals surface area contributed by atoms with Crippen LogP contribution in [0.4, 0.5) is 0 Å². The highest BCUT2D eigenvalue weighted by atomic mass is 16.5. The zero-order chi connectivity index (χ0) is 14.4. The molecule has 1 saturated carbocycles. The standard InChI is InChI=1S/C17H34N2O/c1-4-5-6-11-19(14(2)3)13-17-10-9-16(20-17)12-18-15-7-8-15/h14-18H,4-13H2,1-3H3. The molecule has 3 heteroatoms. The molecule has 118 valence electrons. The summed E-state index contributed by atoms with van der Waals surface area (Å²) in [6.45, 7) is 10.3. The fraction of sp³-hybridized carbons (Fsp3) is 1.00. The molecule has 2 rings (SSSR count). The summed E-state index contributed by atoms with van der Waals surface area (Å²) < 4.78 is 6.22. The van der Waals surface area contributed by atoms with Crippen molar-refractivity contribution in [2.24, 2.45) is 0 Å². The first kappa shape index (κ1) is 16.3. The first-order valence-electron chi connectivity index (χ1n) is 8.82. The molecular formula is C17H34N2O. The summed E-state index contributed by atoms with van der Waals surface area (Å²) in [6, 6.07) is 1.44. The summed E-state index contributed by atoms with van der Waals surface area (Å²) in [4.78, 5) is 2.61. The maximum Gasteiger partial charge on any atom is 0.0707 e. The van der Waals surface area contributed by atoms with Gasteiger partial charge in [0.1, 0.15) is 0 Å². The number of nitrogens with one attached hydrogen (secondary N) is 1. The molecule has 0 bridgehead atoms. The highest BCUT2D eigenvalue weighted by molar-refractivity contribution is 4.85. The third-order valence-electron chi connectivity index (χ3n) is 4.62. The largest absolute Gasteiger partial charge is 0.372 e. The van der Waals surface area contributed by atoms with Crippen LogP contribution in [0.3, 0.4) is 0 Å². The molecular weight excluding hydrogens is 248 g/mol. The summed E-state index contributed by atoms with van der Waals surface area (Å²) in [5.41, 5.74) is 0. The van der Waals surface area contributed by atoms with Gasteiger partial charge in [-0.3, -0.25) is 4.90 Å². The Bertz CT molecular complexity index is 266. The van der Waals surface area contributed by atoms with Crippen molar-refractivity contribution in [1.82, 2.24) is 10.2 Å². The molecule has 0 radical (unpaired) electrons. The summed E-state index contributed by atoms with van der Waals surface area (Å²) in [7, 11) is 0. The maximum atomic E-state index is 6.22. The minimum atomic E-state index is 0.463. The van der Waals surface area contributed by atoms with Gasteiger partial charge in [0.15, 0.2) is 0 Å². The lowest BCUT2D eigenvalue weighted by Gasteiger charge is -2.29. The molecule has 1 N–H and O–H groups in total. The molecule has 2 unspecified atom stereocenters. The molecule has 1 aliphatic heterocycles. The van der Waals surface area contributed by atoms with Gasteiger partial charge < -0.3 is 10.1 Å². The van der Waals surface area contributed by atoms with Gasteiger partial charge in [-0.2, -0.15) is 0 Å². The Morgan fingerprint density at radius 1 is 1.10 bits per heavy atom. The fourth-order valence-electron chi connectivity index (χ4n) is 3.04. The second-order valence-electron chi connectivity index (χ2n) is 6.94. The average Bonchev–Trinajstić information content (AvgIpc) is 3.15. The van der Waals surface area contributed by atoms with E-state index in [1.807, 2.05) is 0 Å². The molecule has 3 nitrogen and oxygen atoms in total. The van der Waals surface area contributed by atoms with Crippen LogP contribution in [0, 0.1) is 0 Å². The van der Waals surface area contributed by atoms with Gasteiger partial charge in [-0.1, -0.05) is 19.8 Å². The molecule has 0 aromatic heterocycles. The van der Waals surface area contributed by atoms with Crippen LogP contribution in [-0.2, 0) is 4.74 Å². The summed E-state index contributed by atoms with van der Waals surface area (Å²) in [5.74, 6) is 0. The molecule has 1 heterocycles. The summed E-state index contributed by atoms with van der Waals surface area (Å²) in [5, 5.41) is 3.60. The lowest BCUT2D eigenvalue weighted by Crippen LogP contribution is -2.39. The van der Waals surface area contributed by atoms with Crippen LogP contribution in [-0.4, -0.2) is 48.8 Å². The quantitative estimate of drug-likeness (QED) is 0.623. The molecule has 2 aliphatic rings. The van der Waals surface area contributed by atoms with Crippen LogP contribution in [0.15, 0.2) is 0 Å². The van der Waals surface area contributed by atoms with Crippen LogP contribution < -0.4 is 5.32 Å². The van der Waals surface area contributed by atoms with Crippen molar-refractivity contribution < 1.29 is 4.74 Å². The van der Waals surface area contributed by atoms with E-state index in [2.05, 4.69) is 31.0 Å². The maximum absolute atomic E-state index is 6.22. The van der Waals surface area contributed by atoms with Crippen molar-refractivity contribution in [2.75, 3.05) is 19.6 Å². The monoisotopic (exact) mass is 282 g/mol. The third kappa shape index (κ3) is 5.71. The van der Waals surface area contributed by atoms with Crippen LogP contribution in [0.2, 0.25) is 0 Å². The molecule has 2 atom stereocenters. The Morgan fingerprint density at radius 3 is 2.50 bits per heavy atom. The molecule has 2 fully saturated rings. The van der Waals surface area contributed by atoms with Gasteiger partial charge in [-0.25, -0.2) is 0 Å². The predicted octanol–water partition coefficient (Wildman–Crippen LogP) is 3.19. The first-order valence-corrected chi connectivity index (χ1v) is 8.82. The summed E-state index contributed by atoms with van der Waals surface area (Å²) in [6.07, 6.45) is 10.1. The molecule has 1 aliphatic carbocycles. The molecule has 1 saturated heterocycles. The highest BCUT2D eigenvalue weighted by Gasteiger charge is 2.29. The second-order valence-corrected chi connectivity index (χ2v) is 6.94. The van der Waals surface area contributed by atoms with Crippen molar-refractivity contribution in [3.63, 3.8) is 0 Å². The highest BCUT2D eigenvalue weighted by Crippen LogP contribution is 2.23. The predicted molar refractivity (Wildman–Crippen MR) is 85.2 cm³/mol. The molecule has 20 heavy (non-hydrogen) atoms. The van der Waals surface area contributed by atoms with Gasteiger partial charge in [0, 0.05) is 25.2 Å². The fourth-order valence-corrected chi connectivity index (χ4v) is 3.04. The molecule has 0 amide bonds. The zero-order valence-electron chi connectivity index (χ0n) is 13.7. The SMILES string of the molecule is CCCCCN(CC1CCC(CNC2CC2)O1)C(C)C. The van der Waals surface area contributed by atoms with Crippen molar-refractivity contribution >= 4 is 0 Å². The molecule has 0 aromatic rings. The van der Waals surface area contributed by atoms with Crippen molar-refractivity contribution in [2.45, 2.75) is 90.0 Å². The van der Waals surface area contributed by atoms with E-state index < -0.39 is 0 Å². The lowest BCUT2D eigenvalue weighted by molar-refractivity contribution is 0.0168. The normalized spacial score (nSPS) is 26.9. The number of ether oxygens (including phenoxy) is 1. The van der Waals surface area contributed by atoms with Crippen molar-refractivity contribution in [3.05, 3.63) is 0 Å². The number of hydrogen-bond acceptors (Lipinski definition) is 3. The van der Waals surface area contributed by atoms with Crippen LogP contribution in [0.5, 0.6) is 0 Å². The van der Waals surface area contributed by atoms with Crippen molar-refractivity contribution in [1.29, 1.82) is 0 Å². The molecule has 0 spiro atoms. The van der Waals surface area contributed by atoms with E-state index in [9.17, 15) is 0 Å². The molecule has 0 aromatic carbocycles. The Morgan fingerprint density at radius 2 is 1.85 bits per heavy atom. The van der Waals surface area contributed by atoms with Gasteiger partial charge in [-0.15, -0.1) is 0 Å². The van der Waals surface area contributed by atoms with E-state index >= 15 is 0 Å². The Hall–Kier alpha value is -0.120. The minimum Gasteiger partial charge on any atom is -0.372 e. The van der Waals surface area contributed by atoms with E-state index in [0.717, 1.165) is 19.1 Å². The average molecular weight is 282 g/mol.